The van der Waals surface area contributed by atoms with Crippen LogP contribution in [0.25, 0.3) is 0 Å². The maximum absolute atomic E-state index is 11.9. The van der Waals surface area contributed by atoms with Crippen LogP contribution in [0.1, 0.15) is 59.0 Å². The van der Waals surface area contributed by atoms with Crippen LogP contribution >= 0.6 is 0 Å². The van der Waals surface area contributed by atoms with Gasteiger partial charge in [0.1, 0.15) is 5.78 Å². The van der Waals surface area contributed by atoms with E-state index in [1.54, 1.807) is 20.8 Å². The van der Waals surface area contributed by atoms with E-state index in [1.807, 2.05) is 13.8 Å². The molecule has 0 saturated heterocycles. The van der Waals surface area contributed by atoms with E-state index in [4.69, 9.17) is 9.15 Å². The SMILES string of the molecule is CC.CC(=O)CCC(C)(C)C(=O)OCc1oc(=O)oc1C. The van der Waals surface area contributed by atoms with Gasteiger partial charge in [-0.2, -0.15) is 0 Å². The Hall–Kier alpha value is -1.85. The van der Waals surface area contributed by atoms with E-state index in [-0.39, 0.29) is 18.2 Å². The minimum Gasteiger partial charge on any atom is -0.457 e. The van der Waals surface area contributed by atoms with Crippen molar-refractivity contribution in [3.05, 3.63) is 22.1 Å². The molecule has 0 spiro atoms. The molecule has 21 heavy (non-hydrogen) atoms. The lowest BCUT2D eigenvalue weighted by Crippen LogP contribution is -2.27. The molecule has 0 atom stereocenters. The van der Waals surface area contributed by atoms with E-state index in [1.165, 1.54) is 6.92 Å². The smallest absolute Gasteiger partial charge is 0.457 e. The number of carbonyl (C=O) groups excluding carboxylic acids is 2. The van der Waals surface area contributed by atoms with Gasteiger partial charge in [0.2, 0.25) is 0 Å². The van der Waals surface area contributed by atoms with Crippen LogP contribution in [0.2, 0.25) is 0 Å². The third kappa shape index (κ3) is 6.42. The molecule has 0 aliphatic rings. The molecule has 0 fully saturated rings. The van der Waals surface area contributed by atoms with Gasteiger partial charge < -0.3 is 18.4 Å². The second kappa shape index (κ2) is 8.44. The van der Waals surface area contributed by atoms with Gasteiger partial charge in [0.15, 0.2) is 18.1 Å². The summed E-state index contributed by atoms with van der Waals surface area (Å²) in [6, 6.07) is 0. The molecule has 1 heterocycles. The lowest BCUT2D eigenvalue weighted by molar-refractivity contribution is -0.156. The molecular weight excluding hydrogens is 276 g/mol. The van der Waals surface area contributed by atoms with E-state index in [2.05, 4.69) is 4.42 Å². The molecule has 0 aliphatic heterocycles. The maximum Gasteiger partial charge on any atom is 0.519 e. The zero-order valence-electron chi connectivity index (χ0n) is 13.6. The molecule has 6 heteroatoms. The van der Waals surface area contributed by atoms with Gasteiger partial charge in [-0.3, -0.25) is 4.79 Å². The molecule has 0 bridgehead atoms. The van der Waals surface area contributed by atoms with Gasteiger partial charge in [-0.05, 0) is 34.1 Å². The van der Waals surface area contributed by atoms with E-state index in [0.717, 1.165) is 0 Å². The van der Waals surface area contributed by atoms with Crippen LogP contribution in [0.4, 0.5) is 0 Å². The Labute approximate surface area is 124 Å². The second-order valence-electron chi connectivity index (χ2n) is 5.10. The number of ketones is 1. The van der Waals surface area contributed by atoms with Crippen molar-refractivity contribution in [2.75, 3.05) is 0 Å². The first-order valence-electron chi connectivity index (χ1n) is 6.98. The van der Waals surface area contributed by atoms with E-state index >= 15 is 0 Å². The minimum atomic E-state index is -0.820. The number of aryl methyl sites for hydroxylation is 1. The van der Waals surface area contributed by atoms with Crippen LogP contribution in [-0.2, 0) is 20.9 Å². The quantitative estimate of drug-likeness (QED) is 0.750. The number of ether oxygens (including phenoxy) is 1. The highest BCUT2D eigenvalue weighted by Gasteiger charge is 2.30. The van der Waals surface area contributed by atoms with Crippen LogP contribution < -0.4 is 5.82 Å². The fraction of sp³-hybridized carbons (Fsp3) is 0.667. The van der Waals surface area contributed by atoms with E-state index < -0.39 is 17.2 Å². The summed E-state index contributed by atoms with van der Waals surface area (Å²) in [6.07, 6.45) is 0.734. The molecule has 0 aromatic carbocycles. The number of esters is 1. The van der Waals surface area contributed by atoms with Crippen molar-refractivity contribution in [3.8, 4) is 0 Å². The summed E-state index contributed by atoms with van der Waals surface area (Å²) in [7, 11) is 0. The molecule has 0 amide bonds. The predicted molar refractivity (Wildman–Crippen MR) is 76.8 cm³/mol. The van der Waals surface area contributed by atoms with Crippen LogP contribution in [0.3, 0.4) is 0 Å². The maximum atomic E-state index is 11.9. The van der Waals surface area contributed by atoms with Crippen molar-refractivity contribution in [2.45, 2.75) is 61.0 Å². The van der Waals surface area contributed by atoms with Gasteiger partial charge in [-0.1, -0.05) is 13.8 Å². The fourth-order valence-corrected chi connectivity index (χ4v) is 1.42. The lowest BCUT2D eigenvalue weighted by Gasteiger charge is -2.21. The number of rotatable bonds is 6. The molecular formula is C15H24O6. The van der Waals surface area contributed by atoms with Crippen molar-refractivity contribution in [3.63, 3.8) is 0 Å². The zero-order valence-corrected chi connectivity index (χ0v) is 13.6. The molecule has 0 aliphatic carbocycles. The van der Waals surface area contributed by atoms with Gasteiger partial charge in [0, 0.05) is 6.42 Å². The standard InChI is InChI=1S/C13H18O6.C2H6/c1-8(14)5-6-13(3,4)11(15)17-7-10-9(2)18-12(16)19-10;1-2/h5-7H2,1-4H3;1-2H3. The fourth-order valence-electron chi connectivity index (χ4n) is 1.42. The summed E-state index contributed by atoms with van der Waals surface area (Å²) in [5, 5.41) is 0. The number of hydrogen-bond donors (Lipinski definition) is 0. The molecule has 6 nitrogen and oxygen atoms in total. The number of hydrogen-bond acceptors (Lipinski definition) is 6. The molecule has 0 unspecified atom stereocenters. The third-order valence-corrected chi connectivity index (χ3v) is 2.82. The van der Waals surface area contributed by atoms with Crippen LogP contribution in [0, 0.1) is 12.3 Å². The van der Waals surface area contributed by atoms with Crippen LogP contribution in [0.5, 0.6) is 0 Å². The molecule has 120 valence electrons. The van der Waals surface area contributed by atoms with Crippen molar-refractivity contribution < 1.29 is 23.2 Å². The Balaban J connectivity index is 0.00000191. The predicted octanol–water partition coefficient (Wildman–Crippen LogP) is 3.01. The molecule has 0 N–H and O–H groups in total. The average molecular weight is 300 g/mol. The van der Waals surface area contributed by atoms with Crippen LogP contribution in [0.15, 0.2) is 13.6 Å². The monoisotopic (exact) mass is 300 g/mol. The first-order chi connectivity index (χ1) is 9.72. The summed E-state index contributed by atoms with van der Waals surface area (Å²) >= 11 is 0. The minimum absolute atomic E-state index is 0.0255. The highest BCUT2D eigenvalue weighted by atomic mass is 16.6. The first kappa shape index (κ1) is 19.1. The Morgan fingerprint density at radius 1 is 1.19 bits per heavy atom. The van der Waals surface area contributed by atoms with Gasteiger partial charge in [-0.15, -0.1) is 0 Å². The van der Waals surface area contributed by atoms with Crippen molar-refractivity contribution in [1.29, 1.82) is 0 Å². The van der Waals surface area contributed by atoms with Crippen molar-refractivity contribution in [2.24, 2.45) is 5.41 Å². The highest BCUT2D eigenvalue weighted by Crippen LogP contribution is 2.25. The third-order valence-electron chi connectivity index (χ3n) is 2.82. The first-order valence-corrected chi connectivity index (χ1v) is 6.98. The molecule has 0 radical (unpaired) electrons. The number of Topliss-reactive ketones (excluding diaryl/α,β-unsaturated/α-hetero) is 1. The van der Waals surface area contributed by atoms with E-state index in [0.29, 0.717) is 18.6 Å². The summed E-state index contributed by atoms with van der Waals surface area (Å²) in [4.78, 5) is 33.6. The summed E-state index contributed by atoms with van der Waals surface area (Å²) in [6.45, 7) is 10.3. The summed E-state index contributed by atoms with van der Waals surface area (Å²) in [5.41, 5.74) is -0.760. The molecule has 0 saturated carbocycles. The average Bonchev–Trinajstić information content (AvgIpc) is 2.74. The van der Waals surface area contributed by atoms with Gasteiger partial charge in [0.25, 0.3) is 0 Å². The Morgan fingerprint density at radius 2 is 1.76 bits per heavy atom. The lowest BCUT2D eigenvalue weighted by atomic mass is 9.87. The Morgan fingerprint density at radius 3 is 2.19 bits per heavy atom. The number of carbonyl (C=O) groups is 2. The molecule has 1 aromatic rings. The van der Waals surface area contributed by atoms with Gasteiger partial charge in [-0.25, -0.2) is 4.79 Å². The Bertz CT molecular complexity index is 521. The van der Waals surface area contributed by atoms with Gasteiger partial charge >= 0.3 is 11.8 Å². The highest BCUT2D eigenvalue weighted by molar-refractivity contribution is 5.79. The van der Waals surface area contributed by atoms with Gasteiger partial charge in [0.05, 0.1) is 5.41 Å². The zero-order chi connectivity index (χ0) is 16.6. The van der Waals surface area contributed by atoms with E-state index in [9.17, 15) is 14.4 Å². The largest absolute Gasteiger partial charge is 0.519 e. The van der Waals surface area contributed by atoms with Crippen molar-refractivity contribution >= 4 is 11.8 Å². The van der Waals surface area contributed by atoms with Crippen LogP contribution in [-0.4, -0.2) is 11.8 Å². The Kier molecular flexibility index (Phi) is 7.70. The normalized spacial score (nSPS) is 10.6. The molecule has 1 aromatic heterocycles. The summed E-state index contributed by atoms with van der Waals surface area (Å²) in [5.74, 6) is -0.756. The summed E-state index contributed by atoms with van der Waals surface area (Å²) < 4.78 is 14.5. The second-order valence-corrected chi connectivity index (χ2v) is 5.10. The van der Waals surface area contributed by atoms with Crippen molar-refractivity contribution in [1.82, 2.24) is 0 Å². The molecule has 1 rings (SSSR count). The topological polar surface area (TPSA) is 86.7 Å².